The number of halogens is 1. The molecule has 0 radical (unpaired) electrons. The number of piperazine rings is 1. The second-order valence-electron chi connectivity index (χ2n) is 5.05. The SMILES string of the molecule is CCCCN1CCN(S(=O)(=O)c2ccc(Br)cc2)CC1. The highest BCUT2D eigenvalue weighted by Gasteiger charge is 2.27. The van der Waals surface area contributed by atoms with E-state index in [9.17, 15) is 8.42 Å². The molecule has 0 bridgehead atoms. The van der Waals surface area contributed by atoms with Gasteiger partial charge in [-0.1, -0.05) is 29.3 Å². The van der Waals surface area contributed by atoms with E-state index in [1.165, 1.54) is 12.8 Å². The summed E-state index contributed by atoms with van der Waals surface area (Å²) in [5.74, 6) is 0. The fraction of sp³-hybridized carbons (Fsp3) is 0.571. The summed E-state index contributed by atoms with van der Waals surface area (Å²) < 4.78 is 27.5. The Kier molecular flexibility index (Phi) is 5.60. The minimum atomic E-state index is -3.34. The van der Waals surface area contributed by atoms with Gasteiger partial charge in [0.15, 0.2) is 0 Å². The molecule has 112 valence electrons. The Morgan fingerprint density at radius 2 is 1.70 bits per heavy atom. The average molecular weight is 361 g/mol. The van der Waals surface area contributed by atoms with Gasteiger partial charge in [-0.25, -0.2) is 8.42 Å². The standard InChI is InChI=1S/C14H21BrN2O2S/c1-2-3-8-16-9-11-17(12-10-16)20(18,19)14-6-4-13(15)5-7-14/h4-7H,2-3,8-12H2,1H3. The van der Waals surface area contributed by atoms with E-state index in [0.29, 0.717) is 18.0 Å². The van der Waals surface area contributed by atoms with Crippen LogP contribution in [0.3, 0.4) is 0 Å². The molecule has 0 saturated carbocycles. The number of unbranched alkanes of at least 4 members (excludes halogenated alkanes) is 1. The van der Waals surface area contributed by atoms with Gasteiger partial charge in [-0.05, 0) is 37.2 Å². The average Bonchev–Trinajstić information content (AvgIpc) is 2.46. The molecule has 1 fully saturated rings. The largest absolute Gasteiger partial charge is 0.301 e. The number of nitrogens with zero attached hydrogens (tertiary/aromatic N) is 2. The number of hydrogen-bond acceptors (Lipinski definition) is 3. The molecule has 1 heterocycles. The number of rotatable bonds is 5. The molecule has 1 aromatic carbocycles. The van der Waals surface area contributed by atoms with E-state index in [1.807, 2.05) is 0 Å². The molecule has 1 aliphatic heterocycles. The van der Waals surface area contributed by atoms with Crippen LogP contribution in [0.15, 0.2) is 33.6 Å². The lowest BCUT2D eigenvalue weighted by atomic mass is 10.3. The molecule has 0 aliphatic carbocycles. The van der Waals surface area contributed by atoms with Crippen LogP contribution >= 0.6 is 15.9 Å². The molecule has 1 saturated heterocycles. The topological polar surface area (TPSA) is 40.6 Å². The van der Waals surface area contributed by atoms with Crippen molar-refractivity contribution in [3.05, 3.63) is 28.7 Å². The Morgan fingerprint density at radius 3 is 2.25 bits per heavy atom. The van der Waals surface area contributed by atoms with Crippen LogP contribution in [0.2, 0.25) is 0 Å². The van der Waals surface area contributed by atoms with Crippen LogP contribution in [0.1, 0.15) is 19.8 Å². The van der Waals surface area contributed by atoms with E-state index < -0.39 is 10.0 Å². The molecule has 0 unspecified atom stereocenters. The maximum atomic E-state index is 12.5. The van der Waals surface area contributed by atoms with E-state index in [4.69, 9.17) is 0 Å². The lowest BCUT2D eigenvalue weighted by molar-refractivity contribution is 0.186. The Balaban J connectivity index is 2.00. The molecule has 1 aromatic rings. The molecule has 6 heteroatoms. The summed E-state index contributed by atoms with van der Waals surface area (Å²) in [7, 11) is -3.34. The van der Waals surface area contributed by atoms with Crippen molar-refractivity contribution in [2.75, 3.05) is 32.7 Å². The van der Waals surface area contributed by atoms with Gasteiger partial charge >= 0.3 is 0 Å². The maximum absolute atomic E-state index is 12.5. The van der Waals surface area contributed by atoms with Crippen molar-refractivity contribution in [3.8, 4) is 0 Å². The minimum Gasteiger partial charge on any atom is -0.301 e. The Bertz CT molecular complexity index is 523. The summed E-state index contributed by atoms with van der Waals surface area (Å²) in [4.78, 5) is 2.72. The first-order chi connectivity index (χ1) is 9.54. The number of sulfonamides is 1. The van der Waals surface area contributed by atoms with Crippen molar-refractivity contribution in [3.63, 3.8) is 0 Å². The fourth-order valence-corrected chi connectivity index (χ4v) is 4.02. The lowest BCUT2D eigenvalue weighted by Gasteiger charge is -2.33. The first-order valence-electron chi connectivity index (χ1n) is 7.02. The van der Waals surface area contributed by atoms with Crippen molar-refractivity contribution in [2.45, 2.75) is 24.7 Å². The Labute approximate surface area is 129 Å². The summed E-state index contributed by atoms with van der Waals surface area (Å²) in [5, 5.41) is 0. The molecule has 0 aromatic heterocycles. The van der Waals surface area contributed by atoms with E-state index in [-0.39, 0.29) is 0 Å². The molecule has 0 N–H and O–H groups in total. The van der Waals surface area contributed by atoms with Gasteiger partial charge in [-0.2, -0.15) is 4.31 Å². The van der Waals surface area contributed by atoms with Gasteiger partial charge in [0.25, 0.3) is 0 Å². The fourth-order valence-electron chi connectivity index (χ4n) is 2.33. The summed E-state index contributed by atoms with van der Waals surface area (Å²) in [6.07, 6.45) is 2.36. The van der Waals surface area contributed by atoms with Gasteiger partial charge in [0.2, 0.25) is 10.0 Å². The van der Waals surface area contributed by atoms with E-state index in [1.54, 1.807) is 28.6 Å². The highest BCUT2D eigenvalue weighted by molar-refractivity contribution is 9.10. The van der Waals surface area contributed by atoms with Crippen LogP contribution in [0.25, 0.3) is 0 Å². The van der Waals surface area contributed by atoms with Crippen molar-refractivity contribution >= 4 is 26.0 Å². The molecule has 0 amide bonds. The molecule has 0 atom stereocenters. The quantitative estimate of drug-likeness (QED) is 0.809. The first-order valence-corrected chi connectivity index (χ1v) is 9.25. The molecule has 2 rings (SSSR count). The van der Waals surface area contributed by atoms with E-state index >= 15 is 0 Å². The zero-order valence-corrected chi connectivity index (χ0v) is 14.2. The van der Waals surface area contributed by atoms with Crippen LogP contribution in [0, 0.1) is 0 Å². The third kappa shape index (κ3) is 3.81. The molecular weight excluding hydrogens is 340 g/mol. The monoisotopic (exact) mass is 360 g/mol. The molecule has 1 aliphatic rings. The van der Waals surface area contributed by atoms with Crippen LogP contribution < -0.4 is 0 Å². The summed E-state index contributed by atoms with van der Waals surface area (Å²) >= 11 is 3.33. The predicted molar refractivity (Wildman–Crippen MR) is 84.2 cm³/mol. The highest BCUT2D eigenvalue weighted by Crippen LogP contribution is 2.20. The summed E-state index contributed by atoms with van der Waals surface area (Å²) in [6, 6.07) is 6.85. The van der Waals surface area contributed by atoms with Gasteiger partial charge in [0.05, 0.1) is 4.90 Å². The number of hydrogen-bond donors (Lipinski definition) is 0. The number of benzene rings is 1. The normalized spacial score (nSPS) is 18.3. The maximum Gasteiger partial charge on any atom is 0.243 e. The van der Waals surface area contributed by atoms with Gasteiger partial charge in [-0.3, -0.25) is 0 Å². The third-order valence-electron chi connectivity index (χ3n) is 3.61. The molecule has 4 nitrogen and oxygen atoms in total. The van der Waals surface area contributed by atoms with Crippen LogP contribution in [-0.4, -0.2) is 50.3 Å². The second-order valence-corrected chi connectivity index (χ2v) is 7.91. The van der Waals surface area contributed by atoms with Crippen LogP contribution in [0.4, 0.5) is 0 Å². The Hall–Kier alpha value is -0.430. The zero-order valence-electron chi connectivity index (χ0n) is 11.8. The van der Waals surface area contributed by atoms with Crippen LogP contribution in [-0.2, 0) is 10.0 Å². The van der Waals surface area contributed by atoms with E-state index in [2.05, 4.69) is 27.8 Å². The smallest absolute Gasteiger partial charge is 0.243 e. The minimum absolute atomic E-state index is 0.378. The molecular formula is C14H21BrN2O2S. The Morgan fingerprint density at radius 1 is 1.10 bits per heavy atom. The molecule has 20 heavy (non-hydrogen) atoms. The first kappa shape index (κ1) is 15.9. The zero-order chi connectivity index (χ0) is 14.6. The van der Waals surface area contributed by atoms with Gasteiger partial charge in [-0.15, -0.1) is 0 Å². The lowest BCUT2D eigenvalue weighted by Crippen LogP contribution is -2.48. The molecule has 0 spiro atoms. The van der Waals surface area contributed by atoms with Gasteiger partial charge in [0, 0.05) is 30.7 Å². The predicted octanol–water partition coefficient (Wildman–Crippen LogP) is 2.56. The summed E-state index contributed by atoms with van der Waals surface area (Å²) in [6.45, 7) is 6.08. The summed E-state index contributed by atoms with van der Waals surface area (Å²) in [5.41, 5.74) is 0. The van der Waals surface area contributed by atoms with Crippen molar-refractivity contribution in [2.24, 2.45) is 0 Å². The van der Waals surface area contributed by atoms with Crippen molar-refractivity contribution in [1.82, 2.24) is 9.21 Å². The van der Waals surface area contributed by atoms with Gasteiger partial charge < -0.3 is 4.90 Å². The third-order valence-corrected chi connectivity index (χ3v) is 6.05. The van der Waals surface area contributed by atoms with Crippen molar-refractivity contribution in [1.29, 1.82) is 0 Å². The second kappa shape index (κ2) is 7.02. The van der Waals surface area contributed by atoms with Gasteiger partial charge in [0.1, 0.15) is 0 Å². The van der Waals surface area contributed by atoms with Crippen LogP contribution in [0.5, 0.6) is 0 Å². The van der Waals surface area contributed by atoms with Crippen molar-refractivity contribution < 1.29 is 8.42 Å². The highest BCUT2D eigenvalue weighted by atomic mass is 79.9. The van der Waals surface area contributed by atoms with E-state index in [0.717, 1.165) is 24.1 Å².